The van der Waals surface area contributed by atoms with E-state index in [1.807, 2.05) is 24.3 Å². The molecule has 4 nitrogen and oxygen atoms in total. The van der Waals surface area contributed by atoms with Crippen molar-refractivity contribution in [3.8, 4) is 5.75 Å². The van der Waals surface area contributed by atoms with Crippen molar-refractivity contribution in [1.82, 2.24) is 9.80 Å². The number of rotatable bonds is 11. The molecule has 0 radical (unpaired) electrons. The molecule has 120 valence electrons. The van der Waals surface area contributed by atoms with Crippen LogP contribution in [0.5, 0.6) is 5.75 Å². The van der Waals surface area contributed by atoms with Crippen molar-refractivity contribution in [2.45, 2.75) is 27.2 Å². The summed E-state index contributed by atoms with van der Waals surface area (Å²) < 4.78 is 5.76. The maximum absolute atomic E-state index is 5.87. The molecular weight excluding hydrogens is 262 g/mol. The van der Waals surface area contributed by atoms with Crippen LogP contribution in [0.15, 0.2) is 24.3 Å². The third kappa shape index (κ3) is 6.82. The van der Waals surface area contributed by atoms with Crippen LogP contribution in [-0.2, 0) is 0 Å². The summed E-state index contributed by atoms with van der Waals surface area (Å²) in [5, 5.41) is 0. The van der Waals surface area contributed by atoms with Crippen LogP contribution in [0.2, 0.25) is 0 Å². The number of hydrogen-bond acceptors (Lipinski definition) is 4. The summed E-state index contributed by atoms with van der Waals surface area (Å²) in [6, 6.07) is 7.67. The first-order valence-electron chi connectivity index (χ1n) is 8.13. The van der Waals surface area contributed by atoms with Gasteiger partial charge in [0.25, 0.3) is 0 Å². The van der Waals surface area contributed by atoms with E-state index in [1.165, 1.54) is 13.0 Å². The summed E-state index contributed by atoms with van der Waals surface area (Å²) in [6.07, 6.45) is 1.21. The van der Waals surface area contributed by atoms with Gasteiger partial charge in [-0.1, -0.05) is 32.9 Å². The summed E-state index contributed by atoms with van der Waals surface area (Å²) >= 11 is 0. The van der Waals surface area contributed by atoms with Gasteiger partial charge in [0.15, 0.2) is 0 Å². The predicted molar refractivity (Wildman–Crippen MR) is 90.9 cm³/mol. The standard InChI is InChI=1S/C17H31N3O/c1-4-19(5-2)12-9-13-20(6-3)14-15-21-17-11-8-7-10-16(17)18/h7-8,10-11H,4-6,9,12-15,18H2,1-3H3. The van der Waals surface area contributed by atoms with E-state index in [2.05, 4.69) is 30.6 Å². The molecule has 0 aliphatic rings. The molecular formula is C17H31N3O. The number of nitrogens with zero attached hydrogens (tertiary/aromatic N) is 2. The monoisotopic (exact) mass is 293 g/mol. The van der Waals surface area contributed by atoms with Gasteiger partial charge >= 0.3 is 0 Å². The molecule has 0 unspecified atom stereocenters. The van der Waals surface area contributed by atoms with Gasteiger partial charge in [-0.3, -0.25) is 0 Å². The molecule has 0 fully saturated rings. The van der Waals surface area contributed by atoms with Crippen LogP contribution in [0.1, 0.15) is 27.2 Å². The van der Waals surface area contributed by atoms with Crippen molar-refractivity contribution in [2.75, 3.05) is 51.6 Å². The number of para-hydroxylation sites is 2. The summed E-state index contributed by atoms with van der Waals surface area (Å²) in [5.74, 6) is 0.789. The summed E-state index contributed by atoms with van der Waals surface area (Å²) in [4.78, 5) is 4.90. The van der Waals surface area contributed by atoms with Crippen LogP contribution in [0.4, 0.5) is 5.69 Å². The Kier molecular flexibility index (Phi) is 8.87. The minimum atomic E-state index is 0.688. The second-order valence-electron chi connectivity index (χ2n) is 5.20. The summed E-state index contributed by atoms with van der Waals surface area (Å²) in [6.45, 7) is 13.9. The van der Waals surface area contributed by atoms with E-state index in [4.69, 9.17) is 10.5 Å². The molecule has 1 aromatic carbocycles. The first-order valence-corrected chi connectivity index (χ1v) is 8.13. The highest BCUT2D eigenvalue weighted by molar-refractivity contribution is 5.51. The molecule has 0 spiro atoms. The molecule has 0 atom stereocenters. The molecule has 0 heterocycles. The number of anilines is 1. The van der Waals surface area contributed by atoms with E-state index in [0.717, 1.165) is 38.5 Å². The average Bonchev–Trinajstić information content (AvgIpc) is 2.51. The number of nitrogen functional groups attached to an aromatic ring is 1. The zero-order chi connectivity index (χ0) is 15.5. The van der Waals surface area contributed by atoms with Gasteiger partial charge in [0, 0.05) is 6.54 Å². The van der Waals surface area contributed by atoms with Crippen molar-refractivity contribution in [1.29, 1.82) is 0 Å². The van der Waals surface area contributed by atoms with Gasteiger partial charge in [0.1, 0.15) is 12.4 Å². The number of likely N-dealkylation sites (N-methyl/N-ethyl adjacent to an activating group) is 1. The van der Waals surface area contributed by atoms with Gasteiger partial charge in [0.2, 0.25) is 0 Å². The first kappa shape index (κ1) is 17.8. The lowest BCUT2D eigenvalue weighted by atomic mass is 10.3. The fraction of sp³-hybridized carbons (Fsp3) is 0.647. The van der Waals surface area contributed by atoms with Gasteiger partial charge in [0.05, 0.1) is 5.69 Å². The highest BCUT2D eigenvalue weighted by Gasteiger charge is 2.05. The van der Waals surface area contributed by atoms with Crippen molar-refractivity contribution in [2.24, 2.45) is 0 Å². The number of benzene rings is 1. The van der Waals surface area contributed by atoms with Crippen molar-refractivity contribution < 1.29 is 4.74 Å². The van der Waals surface area contributed by atoms with Crippen LogP contribution in [0.3, 0.4) is 0 Å². The van der Waals surface area contributed by atoms with E-state index in [-0.39, 0.29) is 0 Å². The lowest BCUT2D eigenvalue weighted by molar-refractivity contribution is 0.202. The lowest BCUT2D eigenvalue weighted by Crippen LogP contribution is -2.32. The maximum atomic E-state index is 5.87. The Morgan fingerprint density at radius 2 is 1.52 bits per heavy atom. The molecule has 4 heteroatoms. The molecule has 0 saturated carbocycles. The Morgan fingerprint density at radius 1 is 0.905 bits per heavy atom. The topological polar surface area (TPSA) is 41.7 Å². The minimum absolute atomic E-state index is 0.688. The normalized spacial score (nSPS) is 11.3. The highest BCUT2D eigenvalue weighted by Crippen LogP contribution is 2.19. The molecule has 0 amide bonds. The molecule has 2 N–H and O–H groups in total. The fourth-order valence-electron chi connectivity index (χ4n) is 2.38. The van der Waals surface area contributed by atoms with Crippen LogP contribution in [-0.4, -0.2) is 55.7 Å². The van der Waals surface area contributed by atoms with E-state index in [0.29, 0.717) is 12.3 Å². The van der Waals surface area contributed by atoms with E-state index >= 15 is 0 Å². The molecule has 1 aromatic rings. The fourth-order valence-corrected chi connectivity index (χ4v) is 2.38. The van der Waals surface area contributed by atoms with Crippen molar-refractivity contribution >= 4 is 5.69 Å². The van der Waals surface area contributed by atoms with Crippen LogP contribution in [0.25, 0.3) is 0 Å². The van der Waals surface area contributed by atoms with Crippen molar-refractivity contribution in [3.63, 3.8) is 0 Å². The molecule has 0 aliphatic heterocycles. The Hall–Kier alpha value is -1.26. The summed E-state index contributed by atoms with van der Waals surface area (Å²) in [7, 11) is 0. The third-order valence-electron chi connectivity index (χ3n) is 3.87. The molecule has 0 bridgehead atoms. The van der Waals surface area contributed by atoms with Crippen LogP contribution < -0.4 is 10.5 Å². The first-order chi connectivity index (χ1) is 10.2. The molecule has 0 aliphatic carbocycles. The van der Waals surface area contributed by atoms with E-state index in [1.54, 1.807) is 0 Å². The number of nitrogens with two attached hydrogens (primary N) is 1. The third-order valence-corrected chi connectivity index (χ3v) is 3.87. The second-order valence-corrected chi connectivity index (χ2v) is 5.20. The Labute approximate surface area is 129 Å². The lowest BCUT2D eigenvalue weighted by Gasteiger charge is -2.23. The van der Waals surface area contributed by atoms with Gasteiger partial charge < -0.3 is 20.3 Å². The molecule has 0 aromatic heterocycles. The van der Waals surface area contributed by atoms with Crippen LogP contribution >= 0.6 is 0 Å². The smallest absolute Gasteiger partial charge is 0.142 e. The quantitative estimate of drug-likeness (QED) is 0.637. The Morgan fingerprint density at radius 3 is 2.14 bits per heavy atom. The zero-order valence-electron chi connectivity index (χ0n) is 13.8. The van der Waals surface area contributed by atoms with Gasteiger partial charge in [-0.2, -0.15) is 0 Å². The van der Waals surface area contributed by atoms with E-state index < -0.39 is 0 Å². The summed E-state index contributed by atoms with van der Waals surface area (Å²) in [5.41, 5.74) is 6.58. The van der Waals surface area contributed by atoms with Crippen molar-refractivity contribution in [3.05, 3.63) is 24.3 Å². The largest absolute Gasteiger partial charge is 0.490 e. The Balaban J connectivity index is 2.23. The Bertz CT molecular complexity index is 380. The number of hydrogen-bond donors (Lipinski definition) is 1. The highest BCUT2D eigenvalue weighted by atomic mass is 16.5. The SMILES string of the molecule is CCN(CC)CCCN(CC)CCOc1ccccc1N. The van der Waals surface area contributed by atoms with Gasteiger partial charge in [-0.25, -0.2) is 0 Å². The van der Waals surface area contributed by atoms with Gasteiger partial charge in [-0.15, -0.1) is 0 Å². The molecule has 1 rings (SSSR count). The average molecular weight is 293 g/mol. The zero-order valence-corrected chi connectivity index (χ0v) is 13.8. The van der Waals surface area contributed by atoms with Crippen LogP contribution in [0, 0.1) is 0 Å². The van der Waals surface area contributed by atoms with Gasteiger partial charge in [-0.05, 0) is 51.3 Å². The molecule has 21 heavy (non-hydrogen) atoms. The molecule has 0 saturated heterocycles. The van der Waals surface area contributed by atoms with E-state index in [9.17, 15) is 0 Å². The minimum Gasteiger partial charge on any atom is -0.490 e. The maximum Gasteiger partial charge on any atom is 0.142 e. The second kappa shape index (κ2) is 10.5. The predicted octanol–water partition coefficient (Wildman–Crippen LogP) is 2.70. The number of ether oxygens (including phenoxy) is 1.